The van der Waals surface area contributed by atoms with E-state index in [1.165, 1.54) is 0 Å². The third-order valence-corrected chi connectivity index (χ3v) is 0. The fraction of sp³-hybridized carbons (Fsp3) is 0. The normalized spacial score (nSPS) is 0. The van der Waals surface area contributed by atoms with Crippen LogP contribution in [0.1, 0.15) is 0 Å². The van der Waals surface area contributed by atoms with Crippen molar-refractivity contribution in [2.45, 2.75) is 0 Å². The molecule has 27 valence electrons. The second-order valence-electron chi connectivity index (χ2n) is 0. The molecule has 2 nitrogen and oxygen atoms in total. The van der Waals surface area contributed by atoms with Crippen LogP contribution in [0.25, 0.3) is 0 Å². The van der Waals surface area contributed by atoms with Gasteiger partial charge in [0, 0.05) is 90.2 Å². The second kappa shape index (κ2) is 53.9. The average molecular weight is 516 g/mol. The van der Waals surface area contributed by atoms with E-state index >= 15 is 0 Å². The van der Waals surface area contributed by atoms with E-state index in [0.29, 0.717) is 0 Å². The van der Waals surface area contributed by atoms with Crippen LogP contribution in [0.15, 0.2) is 0 Å². The van der Waals surface area contributed by atoms with E-state index in [0.717, 1.165) is 0 Å². The van der Waals surface area contributed by atoms with Gasteiger partial charge in [0.05, 0.1) is 0 Å². The van der Waals surface area contributed by atoms with Gasteiger partial charge in [0.15, 0.2) is 0 Å². The van der Waals surface area contributed by atoms with Crippen LogP contribution in [0, 0.1) is 0 Å². The summed E-state index contributed by atoms with van der Waals surface area (Å²) in [5.41, 5.74) is 0. The van der Waals surface area contributed by atoms with Crippen LogP contribution in [-0.2, 0) is 57.7 Å². The van der Waals surface area contributed by atoms with Gasteiger partial charge in [0.25, 0.3) is 0 Å². The molecule has 7 radical (unpaired) electrons. The molecule has 0 saturated heterocycles. The zero-order valence-electron chi connectivity index (χ0n) is 3.81. The zero-order valence-corrected chi connectivity index (χ0v) is 19.1. The van der Waals surface area contributed by atoms with Gasteiger partial charge in [-0.15, -0.1) is 0 Å². The molecule has 0 unspecified atom stereocenters. The molecule has 0 aromatic rings. The Morgan fingerprint density at radius 1 is 0.857 bits per heavy atom. The maximum atomic E-state index is 0. The smallest absolute Gasteiger partial charge is 2.00 e. The van der Waals surface area contributed by atoms with Crippen molar-refractivity contribution in [1.82, 2.24) is 0 Å². The molecule has 0 aliphatic carbocycles. The van der Waals surface area contributed by atoms with E-state index in [4.69, 9.17) is 0 Å². The number of hydrogen-bond acceptors (Lipinski definition) is 0. The van der Waals surface area contributed by atoms with E-state index in [2.05, 4.69) is 0 Å². The minimum atomic E-state index is 0. The molecule has 0 amide bonds. The summed E-state index contributed by atoms with van der Waals surface area (Å²) < 4.78 is 0. The summed E-state index contributed by atoms with van der Waals surface area (Å²) >= 11 is 0. The molecule has 7 heteroatoms. The average Bonchev–Trinajstić information content (AvgIpc) is 0. The molecule has 0 aliphatic rings. The van der Waals surface area contributed by atoms with Crippen LogP contribution >= 0.6 is 0 Å². The largest absolute Gasteiger partial charge is 4.00 e. The van der Waals surface area contributed by atoms with Gasteiger partial charge >= 0.3 is 23.9 Å². The molecule has 0 bridgehead atoms. The van der Waals surface area contributed by atoms with Crippen molar-refractivity contribution in [2.75, 3.05) is 0 Å². The van der Waals surface area contributed by atoms with Crippen molar-refractivity contribution in [3.8, 4) is 0 Å². The first kappa shape index (κ1) is 73.9. The quantitative estimate of drug-likeness (QED) is 0.357. The molecule has 0 aromatic carbocycles. The summed E-state index contributed by atoms with van der Waals surface area (Å²) in [6.07, 6.45) is 0. The van der Waals surface area contributed by atoms with Crippen molar-refractivity contribution in [2.24, 2.45) is 0 Å². The van der Waals surface area contributed by atoms with Crippen LogP contribution in [0.3, 0.4) is 0 Å². The van der Waals surface area contributed by atoms with E-state index in [-0.39, 0.29) is 125 Å². The SMILES string of the molecule is [Cd].[Ge].[In].[O-2].[O-2].[Sn+4].[Zn]. The molecule has 0 aliphatic heterocycles. The number of rotatable bonds is 0. The van der Waals surface area contributed by atoms with Crippen molar-refractivity contribution >= 4 is 67.3 Å². The predicted octanol–water partition coefficient (Wildman–Crippen LogP) is -1.39. The monoisotopic (exact) mass is 519 g/mol. The van der Waals surface area contributed by atoms with Crippen LogP contribution in [0.5, 0.6) is 0 Å². The Labute approximate surface area is 123 Å². The van der Waals surface area contributed by atoms with Gasteiger partial charge in [-0.3, -0.25) is 0 Å². The first-order valence-corrected chi connectivity index (χ1v) is 0. The minimum Gasteiger partial charge on any atom is -2.00 e. The molecule has 0 rings (SSSR count). The van der Waals surface area contributed by atoms with Gasteiger partial charge in [-0.2, -0.15) is 0 Å². The Balaban J connectivity index is 0. The third-order valence-electron chi connectivity index (χ3n) is 0. The Morgan fingerprint density at radius 2 is 0.857 bits per heavy atom. The van der Waals surface area contributed by atoms with Gasteiger partial charge in [0.2, 0.25) is 0 Å². The van der Waals surface area contributed by atoms with Crippen LogP contribution in [0.2, 0.25) is 0 Å². The van der Waals surface area contributed by atoms with Crippen molar-refractivity contribution < 1.29 is 57.7 Å². The molecular weight excluding hydrogens is 516 g/mol. The Bertz CT molecular complexity index is 17.7. The van der Waals surface area contributed by atoms with Gasteiger partial charge < -0.3 is 11.0 Å². The Kier molecular flexibility index (Phi) is 569. The second-order valence-corrected chi connectivity index (χ2v) is 0. The minimum absolute atomic E-state index is 0. The molecule has 0 spiro atoms. The van der Waals surface area contributed by atoms with Gasteiger partial charge in [0.1, 0.15) is 0 Å². The molecule has 7 heavy (non-hydrogen) atoms. The van der Waals surface area contributed by atoms with Crippen LogP contribution in [0.4, 0.5) is 0 Å². The third kappa shape index (κ3) is 42.2. The molecule has 0 fully saturated rings. The topological polar surface area (TPSA) is 57.0 Å². The zero-order chi connectivity index (χ0) is 0. The summed E-state index contributed by atoms with van der Waals surface area (Å²) in [6.45, 7) is 0. The first-order chi connectivity index (χ1) is 0. The standard InChI is InChI=1S/Cd.Ge.In.2O.Sn.Zn/q;;;2*-2;+4;. The molecule has 0 heterocycles. The van der Waals surface area contributed by atoms with Crippen LogP contribution in [-0.4, -0.2) is 67.3 Å². The Morgan fingerprint density at radius 3 is 0.857 bits per heavy atom. The maximum Gasteiger partial charge on any atom is 4.00 e. The fourth-order valence-electron chi connectivity index (χ4n) is 0. The summed E-state index contributed by atoms with van der Waals surface area (Å²) in [5.74, 6) is 0. The molecule has 0 aromatic heterocycles. The van der Waals surface area contributed by atoms with E-state index in [1.54, 1.807) is 0 Å². The Hall–Kier alpha value is 3.68. The summed E-state index contributed by atoms with van der Waals surface area (Å²) in [5, 5.41) is 0. The van der Waals surface area contributed by atoms with Crippen molar-refractivity contribution in [1.29, 1.82) is 0 Å². The van der Waals surface area contributed by atoms with Gasteiger partial charge in [-0.05, 0) is 0 Å². The maximum absolute atomic E-state index is 0. The van der Waals surface area contributed by atoms with E-state index in [9.17, 15) is 0 Å². The summed E-state index contributed by atoms with van der Waals surface area (Å²) in [6, 6.07) is 0. The van der Waals surface area contributed by atoms with Gasteiger partial charge in [-0.25, -0.2) is 0 Å². The fourth-order valence-corrected chi connectivity index (χ4v) is 0. The van der Waals surface area contributed by atoms with Gasteiger partial charge in [-0.1, -0.05) is 0 Å². The molecule has 0 N–H and O–H groups in total. The van der Waals surface area contributed by atoms with Crippen molar-refractivity contribution in [3.63, 3.8) is 0 Å². The first-order valence-electron chi connectivity index (χ1n) is 0. The summed E-state index contributed by atoms with van der Waals surface area (Å²) in [7, 11) is 0. The molecular formula is CdGeInO2SnZn. The van der Waals surface area contributed by atoms with Crippen LogP contribution < -0.4 is 0 Å². The number of hydrogen-bond donors (Lipinski definition) is 0. The van der Waals surface area contributed by atoms with Crippen molar-refractivity contribution in [3.05, 3.63) is 0 Å². The summed E-state index contributed by atoms with van der Waals surface area (Å²) in [4.78, 5) is 0. The predicted molar refractivity (Wildman–Crippen MR) is 18.6 cm³/mol. The van der Waals surface area contributed by atoms with E-state index in [1.807, 2.05) is 0 Å². The van der Waals surface area contributed by atoms with E-state index < -0.39 is 0 Å². The molecule has 0 saturated carbocycles. The molecule has 0 atom stereocenters.